The molecule has 0 bridgehead atoms. The van der Waals surface area contributed by atoms with Crippen LogP contribution in [0, 0.1) is 23.7 Å². The molecule has 0 saturated carbocycles. The summed E-state index contributed by atoms with van der Waals surface area (Å²) < 4.78 is 7.11. The Labute approximate surface area is 141 Å². The van der Waals surface area contributed by atoms with E-state index >= 15 is 0 Å². The third kappa shape index (κ3) is 3.06. The molecule has 1 saturated heterocycles. The largest absolute Gasteiger partial charge is 0.396 e. The first kappa shape index (κ1) is 16.7. The molecule has 1 fully saturated rings. The number of hydrogen-bond donors (Lipinski definition) is 2. The number of aliphatic hydroxyl groups is 1. The first-order chi connectivity index (χ1) is 11.6. The number of rotatable bonds is 6. The van der Waals surface area contributed by atoms with Crippen LogP contribution >= 0.6 is 0 Å². The van der Waals surface area contributed by atoms with Crippen molar-refractivity contribution in [3.05, 3.63) is 47.3 Å². The van der Waals surface area contributed by atoms with E-state index in [1.165, 1.54) is 0 Å². The smallest absolute Gasteiger partial charge is 0.0991 e. The number of ether oxygens (including phenoxy) is 1. The third-order valence-corrected chi connectivity index (χ3v) is 4.69. The van der Waals surface area contributed by atoms with Crippen LogP contribution in [-0.4, -0.2) is 41.3 Å². The maximum Gasteiger partial charge on any atom is 0.0991 e. The molecule has 1 aliphatic heterocycles. The fourth-order valence-electron chi connectivity index (χ4n) is 2.90. The van der Waals surface area contributed by atoms with E-state index in [1.54, 1.807) is 12.1 Å². The average Bonchev–Trinajstić information content (AvgIpc) is 2.96. The molecule has 126 valence electrons. The van der Waals surface area contributed by atoms with Crippen LogP contribution in [0.2, 0.25) is 0 Å². The highest BCUT2D eigenvalue weighted by Crippen LogP contribution is 2.27. The summed E-state index contributed by atoms with van der Waals surface area (Å²) >= 11 is 0. The second-order valence-electron chi connectivity index (χ2n) is 6.51. The van der Waals surface area contributed by atoms with Crippen LogP contribution < -0.4 is 5.32 Å². The van der Waals surface area contributed by atoms with Crippen molar-refractivity contribution in [3.63, 3.8) is 0 Å². The number of nitrogens with zero attached hydrogens (tertiary/aromatic N) is 3. The van der Waals surface area contributed by atoms with Crippen molar-refractivity contribution in [2.24, 2.45) is 5.41 Å². The molecule has 0 aliphatic carbocycles. The number of hydrogen-bond acceptors (Lipinski definition) is 5. The van der Waals surface area contributed by atoms with Gasteiger partial charge in [-0.3, -0.25) is 0 Å². The lowest BCUT2D eigenvalue weighted by molar-refractivity contribution is -0.135. The van der Waals surface area contributed by atoms with Gasteiger partial charge in [0.05, 0.1) is 48.8 Å². The molecule has 1 aliphatic rings. The standard InChI is InChI=1S/C18H22N4O2/c1-13(20-9-18(10-23)11-24-12-18)17-8-21-22(14(17)2)16-5-3-15(7-19)4-6-16/h3-6,8,13,20,23H,9-12H2,1-2H3. The van der Waals surface area contributed by atoms with Gasteiger partial charge in [-0.2, -0.15) is 10.4 Å². The van der Waals surface area contributed by atoms with Gasteiger partial charge in [-0.05, 0) is 38.1 Å². The molecule has 2 N–H and O–H groups in total. The second-order valence-corrected chi connectivity index (χ2v) is 6.51. The molecule has 0 spiro atoms. The summed E-state index contributed by atoms with van der Waals surface area (Å²) in [5.41, 5.74) is 3.60. The molecule has 1 aromatic heterocycles. The molecule has 0 amide bonds. The Balaban J connectivity index is 1.72. The maximum absolute atomic E-state index is 9.51. The van der Waals surface area contributed by atoms with Crippen molar-refractivity contribution >= 4 is 0 Å². The average molecular weight is 326 g/mol. The summed E-state index contributed by atoms with van der Waals surface area (Å²) in [6.45, 7) is 6.19. The van der Waals surface area contributed by atoms with Crippen LogP contribution in [0.15, 0.2) is 30.5 Å². The van der Waals surface area contributed by atoms with E-state index in [0.717, 1.165) is 16.9 Å². The lowest BCUT2D eigenvalue weighted by Crippen LogP contribution is -2.52. The Hall–Kier alpha value is -2.20. The zero-order chi connectivity index (χ0) is 17.2. The predicted molar refractivity (Wildman–Crippen MR) is 89.8 cm³/mol. The maximum atomic E-state index is 9.51. The van der Waals surface area contributed by atoms with Crippen molar-refractivity contribution in [1.82, 2.24) is 15.1 Å². The predicted octanol–water partition coefficient (Wildman–Crippen LogP) is 1.71. The molecule has 1 unspecified atom stereocenters. The normalized spacial score (nSPS) is 17.1. The van der Waals surface area contributed by atoms with Gasteiger partial charge in [0.15, 0.2) is 0 Å². The molecular formula is C18H22N4O2. The Morgan fingerprint density at radius 3 is 2.67 bits per heavy atom. The minimum absolute atomic E-state index is 0.126. The molecule has 1 atom stereocenters. The minimum atomic E-state index is -0.148. The Morgan fingerprint density at radius 1 is 1.42 bits per heavy atom. The minimum Gasteiger partial charge on any atom is -0.396 e. The fourth-order valence-corrected chi connectivity index (χ4v) is 2.90. The third-order valence-electron chi connectivity index (χ3n) is 4.69. The van der Waals surface area contributed by atoms with Gasteiger partial charge in [-0.15, -0.1) is 0 Å². The monoisotopic (exact) mass is 326 g/mol. The van der Waals surface area contributed by atoms with Crippen LogP contribution in [0.25, 0.3) is 5.69 Å². The fraction of sp³-hybridized carbons (Fsp3) is 0.444. The van der Waals surface area contributed by atoms with Gasteiger partial charge < -0.3 is 15.2 Å². The summed E-state index contributed by atoms with van der Waals surface area (Å²) in [5.74, 6) is 0. The quantitative estimate of drug-likeness (QED) is 0.844. The van der Waals surface area contributed by atoms with Crippen molar-refractivity contribution < 1.29 is 9.84 Å². The lowest BCUT2D eigenvalue weighted by Gasteiger charge is -2.40. The van der Waals surface area contributed by atoms with E-state index in [0.29, 0.717) is 25.3 Å². The van der Waals surface area contributed by atoms with Gasteiger partial charge in [-0.1, -0.05) is 0 Å². The number of aliphatic hydroxyl groups excluding tert-OH is 1. The molecule has 1 aromatic carbocycles. The number of aromatic nitrogens is 2. The lowest BCUT2D eigenvalue weighted by atomic mass is 9.86. The molecule has 6 heteroatoms. The summed E-state index contributed by atoms with van der Waals surface area (Å²) in [7, 11) is 0. The summed E-state index contributed by atoms with van der Waals surface area (Å²) in [6, 6.07) is 9.62. The molecule has 0 radical (unpaired) electrons. The first-order valence-electron chi connectivity index (χ1n) is 8.06. The van der Waals surface area contributed by atoms with Crippen LogP contribution in [0.5, 0.6) is 0 Å². The number of benzene rings is 1. The van der Waals surface area contributed by atoms with Crippen LogP contribution in [0.1, 0.15) is 29.8 Å². The van der Waals surface area contributed by atoms with Crippen molar-refractivity contribution in [2.75, 3.05) is 26.4 Å². The Kier molecular flexibility index (Phi) is 4.67. The molecule has 2 aromatic rings. The van der Waals surface area contributed by atoms with E-state index in [-0.39, 0.29) is 18.1 Å². The van der Waals surface area contributed by atoms with Crippen molar-refractivity contribution in [1.29, 1.82) is 5.26 Å². The summed E-state index contributed by atoms with van der Waals surface area (Å²) in [6.07, 6.45) is 1.87. The second kappa shape index (κ2) is 6.73. The van der Waals surface area contributed by atoms with Gasteiger partial charge in [0.1, 0.15) is 0 Å². The van der Waals surface area contributed by atoms with E-state index in [1.807, 2.05) is 29.9 Å². The van der Waals surface area contributed by atoms with Gasteiger partial charge >= 0.3 is 0 Å². The number of nitriles is 1. The summed E-state index contributed by atoms with van der Waals surface area (Å²) in [4.78, 5) is 0. The highest BCUT2D eigenvalue weighted by molar-refractivity contribution is 5.40. The highest BCUT2D eigenvalue weighted by atomic mass is 16.5. The number of nitrogens with one attached hydrogen (secondary N) is 1. The van der Waals surface area contributed by atoms with E-state index in [2.05, 4.69) is 23.4 Å². The SMILES string of the molecule is Cc1c(C(C)NCC2(CO)COC2)cnn1-c1ccc(C#N)cc1. The Morgan fingerprint density at radius 2 is 2.12 bits per heavy atom. The highest BCUT2D eigenvalue weighted by Gasteiger charge is 2.38. The molecule has 24 heavy (non-hydrogen) atoms. The van der Waals surface area contributed by atoms with Gasteiger partial charge in [-0.25, -0.2) is 4.68 Å². The van der Waals surface area contributed by atoms with Crippen molar-refractivity contribution in [2.45, 2.75) is 19.9 Å². The zero-order valence-corrected chi connectivity index (χ0v) is 14.0. The van der Waals surface area contributed by atoms with Gasteiger partial charge in [0.25, 0.3) is 0 Å². The van der Waals surface area contributed by atoms with Crippen molar-refractivity contribution in [3.8, 4) is 11.8 Å². The molecule has 6 nitrogen and oxygen atoms in total. The first-order valence-corrected chi connectivity index (χ1v) is 8.06. The molecular weight excluding hydrogens is 304 g/mol. The zero-order valence-electron chi connectivity index (χ0n) is 14.0. The van der Waals surface area contributed by atoms with Crippen LogP contribution in [0.3, 0.4) is 0 Å². The van der Waals surface area contributed by atoms with Crippen LogP contribution in [0.4, 0.5) is 0 Å². The van der Waals surface area contributed by atoms with E-state index in [9.17, 15) is 5.11 Å². The molecule has 3 rings (SSSR count). The van der Waals surface area contributed by atoms with E-state index < -0.39 is 0 Å². The van der Waals surface area contributed by atoms with Crippen LogP contribution in [-0.2, 0) is 4.74 Å². The molecule has 2 heterocycles. The summed E-state index contributed by atoms with van der Waals surface area (Å²) in [5, 5.41) is 26.4. The topological polar surface area (TPSA) is 83.1 Å². The Bertz CT molecular complexity index is 736. The van der Waals surface area contributed by atoms with E-state index in [4.69, 9.17) is 10.00 Å². The van der Waals surface area contributed by atoms with Gasteiger partial charge in [0, 0.05) is 23.8 Å². The van der Waals surface area contributed by atoms with Gasteiger partial charge in [0.2, 0.25) is 0 Å².